The highest BCUT2D eigenvalue weighted by Gasteiger charge is 2.25. The van der Waals surface area contributed by atoms with E-state index in [1.54, 1.807) is 0 Å². The Kier molecular flexibility index (Phi) is 1.66. The van der Waals surface area contributed by atoms with Crippen LogP contribution in [-0.2, 0) is 9.53 Å². The standard InChI is InChI=1S/C5H7N3O2/c1-10-5(9)4-3(6)2-7-8-4/h2,4,6,8H,1H3/t4-/m0/s1. The topological polar surface area (TPSA) is 74.5 Å². The van der Waals surface area contributed by atoms with Gasteiger partial charge in [-0.25, -0.2) is 4.79 Å². The van der Waals surface area contributed by atoms with Gasteiger partial charge in [0.15, 0.2) is 6.04 Å². The second-order valence-corrected chi connectivity index (χ2v) is 1.80. The van der Waals surface area contributed by atoms with Gasteiger partial charge in [0.05, 0.1) is 19.0 Å². The molecule has 0 aromatic rings. The first-order chi connectivity index (χ1) is 4.75. The van der Waals surface area contributed by atoms with E-state index in [4.69, 9.17) is 5.41 Å². The molecule has 54 valence electrons. The number of carbonyl (C=O) groups excluding carboxylic acids is 1. The maximum absolute atomic E-state index is 10.7. The van der Waals surface area contributed by atoms with Gasteiger partial charge in [-0.2, -0.15) is 5.10 Å². The van der Waals surface area contributed by atoms with Crippen molar-refractivity contribution in [2.24, 2.45) is 5.10 Å². The highest BCUT2D eigenvalue weighted by atomic mass is 16.5. The van der Waals surface area contributed by atoms with Gasteiger partial charge in [0.1, 0.15) is 0 Å². The molecule has 10 heavy (non-hydrogen) atoms. The monoisotopic (exact) mass is 141 g/mol. The van der Waals surface area contributed by atoms with Crippen LogP contribution in [-0.4, -0.2) is 31.0 Å². The summed E-state index contributed by atoms with van der Waals surface area (Å²) in [7, 11) is 1.27. The van der Waals surface area contributed by atoms with Crippen LogP contribution in [0, 0.1) is 5.41 Å². The summed E-state index contributed by atoms with van der Waals surface area (Å²) in [6.07, 6.45) is 1.28. The van der Waals surface area contributed by atoms with Crippen molar-refractivity contribution in [1.29, 1.82) is 5.41 Å². The summed E-state index contributed by atoms with van der Waals surface area (Å²) >= 11 is 0. The van der Waals surface area contributed by atoms with E-state index in [2.05, 4.69) is 15.3 Å². The molecule has 1 atom stereocenters. The normalized spacial score (nSPS) is 22.5. The molecule has 1 aliphatic heterocycles. The SMILES string of the molecule is COC(=O)[C@H]1NN=CC1=N. The van der Waals surface area contributed by atoms with E-state index in [0.29, 0.717) is 0 Å². The first kappa shape index (κ1) is 6.73. The molecule has 0 saturated heterocycles. The van der Waals surface area contributed by atoms with Gasteiger partial charge >= 0.3 is 5.97 Å². The van der Waals surface area contributed by atoms with Crippen molar-refractivity contribution < 1.29 is 9.53 Å². The molecule has 0 unspecified atom stereocenters. The number of esters is 1. The Morgan fingerprint density at radius 1 is 2.00 bits per heavy atom. The highest BCUT2D eigenvalue weighted by Crippen LogP contribution is 1.94. The van der Waals surface area contributed by atoms with E-state index in [1.807, 2.05) is 0 Å². The first-order valence-electron chi connectivity index (χ1n) is 2.70. The molecule has 0 aromatic carbocycles. The van der Waals surface area contributed by atoms with Crippen LogP contribution in [0.2, 0.25) is 0 Å². The number of rotatable bonds is 1. The average molecular weight is 141 g/mol. The Hall–Kier alpha value is -1.39. The maximum atomic E-state index is 10.7. The average Bonchev–Trinajstić information content (AvgIpc) is 2.34. The zero-order valence-electron chi connectivity index (χ0n) is 5.42. The van der Waals surface area contributed by atoms with Crippen LogP contribution in [0.3, 0.4) is 0 Å². The van der Waals surface area contributed by atoms with Gasteiger partial charge in [-0.1, -0.05) is 0 Å². The van der Waals surface area contributed by atoms with Crippen LogP contribution >= 0.6 is 0 Å². The minimum absolute atomic E-state index is 0.131. The number of methoxy groups -OCH3 is 1. The molecular weight excluding hydrogens is 134 g/mol. The van der Waals surface area contributed by atoms with E-state index in [0.717, 1.165) is 0 Å². The zero-order chi connectivity index (χ0) is 7.56. The Labute approximate surface area is 57.6 Å². The number of hydrogen-bond acceptors (Lipinski definition) is 5. The van der Waals surface area contributed by atoms with E-state index in [9.17, 15) is 4.79 Å². The lowest BCUT2D eigenvalue weighted by molar-refractivity contribution is -0.141. The molecule has 0 bridgehead atoms. The number of ether oxygens (including phenoxy) is 1. The van der Waals surface area contributed by atoms with Gasteiger partial charge in [-0.15, -0.1) is 0 Å². The summed E-state index contributed by atoms with van der Waals surface area (Å²) in [4.78, 5) is 10.7. The van der Waals surface area contributed by atoms with Gasteiger partial charge in [0, 0.05) is 0 Å². The van der Waals surface area contributed by atoms with E-state index >= 15 is 0 Å². The van der Waals surface area contributed by atoms with Gasteiger partial charge < -0.3 is 10.1 Å². The van der Waals surface area contributed by atoms with Crippen LogP contribution in [0.4, 0.5) is 0 Å². The largest absolute Gasteiger partial charge is 0.467 e. The summed E-state index contributed by atoms with van der Waals surface area (Å²) in [6.45, 7) is 0. The molecule has 0 aliphatic carbocycles. The van der Waals surface area contributed by atoms with Crippen molar-refractivity contribution in [3.05, 3.63) is 0 Å². The predicted octanol–water partition coefficient (Wildman–Crippen LogP) is -0.863. The summed E-state index contributed by atoms with van der Waals surface area (Å²) in [6, 6.07) is -0.704. The lowest BCUT2D eigenvalue weighted by atomic mass is 10.2. The second-order valence-electron chi connectivity index (χ2n) is 1.80. The lowest BCUT2D eigenvalue weighted by Gasteiger charge is -2.05. The highest BCUT2D eigenvalue weighted by molar-refractivity contribution is 6.37. The quantitative estimate of drug-likeness (QED) is 0.466. The summed E-state index contributed by atoms with van der Waals surface area (Å²) in [5.41, 5.74) is 2.56. The third kappa shape index (κ3) is 0.975. The molecule has 0 fully saturated rings. The fourth-order valence-electron chi connectivity index (χ4n) is 0.623. The molecule has 0 radical (unpaired) electrons. The third-order valence-corrected chi connectivity index (χ3v) is 1.16. The number of nitrogens with zero attached hydrogens (tertiary/aromatic N) is 1. The zero-order valence-corrected chi connectivity index (χ0v) is 5.42. The Bertz CT molecular complexity index is 199. The number of hydrazone groups is 1. The lowest BCUT2D eigenvalue weighted by Crippen LogP contribution is -2.36. The first-order valence-corrected chi connectivity index (χ1v) is 2.70. The van der Waals surface area contributed by atoms with Crippen molar-refractivity contribution in [2.75, 3.05) is 7.11 Å². The predicted molar refractivity (Wildman–Crippen MR) is 35.2 cm³/mol. The third-order valence-electron chi connectivity index (χ3n) is 1.16. The Morgan fingerprint density at radius 3 is 3.10 bits per heavy atom. The number of nitrogens with one attached hydrogen (secondary N) is 2. The van der Waals surface area contributed by atoms with Gasteiger partial charge in [-0.05, 0) is 0 Å². The second kappa shape index (κ2) is 2.47. The molecule has 0 aromatic heterocycles. The Morgan fingerprint density at radius 2 is 2.70 bits per heavy atom. The minimum Gasteiger partial charge on any atom is -0.467 e. The van der Waals surface area contributed by atoms with Crippen LogP contribution in [0.15, 0.2) is 5.10 Å². The molecule has 0 amide bonds. The van der Waals surface area contributed by atoms with Crippen LogP contribution < -0.4 is 5.43 Å². The van der Waals surface area contributed by atoms with Gasteiger partial charge in [-0.3, -0.25) is 5.43 Å². The number of carbonyl (C=O) groups is 1. The van der Waals surface area contributed by atoms with Crippen LogP contribution in [0.5, 0.6) is 0 Å². The van der Waals surface area contributed by atoms with E-state index in [1.165, 1.54) is 13.3 Å². The van der Waals surface area contributed by atoms with E-state index < -0.39 is 12.0 Å². The smallest absolute Gasteiger partial charge is 0.336 e. The number of hydrogen-bond donors (Lipinski definition) is 2. The molecule has 1 heterocycles. The maximum Gasteiger partial charge on any atom is 0.336 e. The molecule has 5 nitrogen and oxygen atoms in total. The molecular formula is C5H7N3O2. The minimum atomic E-state index is -0.704. The van der Waals surface area contributed by atoms with Gasteiger partial charge in [0.2, 0.25) is 0 Å². The molecule has 5 heteroatoms. The van der Waals surface area contributed by atoms with Crippen molar-refractivity contribution in [1.82, 2.24) is 5.43 Å². The fraction of sp³-hybridized carbons (Fsp3) is 0.400. The molecule has 2 N–H and O–H groups in total. The van der Waals surface area contributed by atoms with Crippen LogP contribution in [0.25, 0.3) is 0 Å². The molecule has 0 spiro atoms. The van der Waals surface area contributed by atoms with Crippen molar-refractivity contribution >= 4 is 17.9 Å². The van der Waals surface area contributed by atoms with Crippen molar-refractivity contribution in [2.45, 2.75) is 6.04 Å². The van der Waals surface area contributed by atoms with Crippen LogP contribution in [0.1, 0.15) is 0 Å². The summed E-state index contributed by atoms with van der Waals surface area (Å²) < 4.78 is 4.38. The van der Waals surface area contributed by atoms with E-state index in [-0.39, 0.29) is 5.71 Å². The van der Waals surface area contributed by atoms with Crippen molar-refractivity contribution in [3.8, 4) is 0 Å². The molecule has 0 saturated carbocycles. The van der Waals surface area contributed by atoms with Gasteiger partial charge in [0.25, 0.3) is 0 Å². The molecule has 1 aliphatic rings. The molecule has 1 rings (SSSR count). The summed E-state index contributed by atoms with van der Waals surface area (Å²) in [5.74, 6) is -0.484. The Balaban J connectivity index is 2.59. The van der Waals surface area contributed by atoms with Crippen molar-refractivity contribution in [3.63, 3.8) is 0 Å². The fourth-order valence-corrected chi connectivity index (χ4v) is 0.623. The summed E-state index contributed by atoms with van der Waals surface area (Å²) in [5, 5.41) is 10.6.